The highest BCUT2D eigenvalue weighted by Gasteiger charge is 2.15. The second kappa shape index (κ2) is 14.6. The van der Waals surface area contributed by atoms with Crippen LogP contribution in [0.1, 0.15) is 31.2 Å². The molecule has 1 aliphatic rings. The van der Waals surface area contributed by atoms with E-state index in [0.717, 1.165) is 50.5 Å². The normalized spacial score (nSPS) is 13.6. The number of ether oxygens (including phenoxy) is 3. The number of aromatic nitrogens is 1. The van der Waals surface area contributed by atoms with Gasteiger partial charge in [0.05, 0.1) is 25.4 Å². The molecule has 2 heterocycles. The van der Waals surface area contributed by atoms with Gasteiger partial charge in [-0.05, 0) is 74.3 Å². The summed E-state index contributed by atoms with van der Waals surface area (Å²) in [5.74, 6) is -1.40. The van der Waals surface area contributed by atoms with Gasteiger partial charge in [0.25, 0.3) is 0 Å². The fourth-order valence-electron chi connectivity index (χ4n) is 4.84. The molecule has 2 amide bonds. The number of rotatable bonds is 11. The maximum Gasteiger partial charge on any atom is 0.339 e. The zero-order valence-corrected chi connectivity index (χ0v) is 24.1. The predicted octanol–water partition coefficient (Wildman–Crippen LogP) is 6.86. The number of hydrazone groups is 1. The number of urea groups is 1. The highest BCUT2D eigenvalue weighted by atomic mass is 19.2. The van der Waals surface area contributed by atoms with E-state index in [9.17, 15) is 18.0 Å². The molecule has 0 unspecified atom stereocenters. The zero-order valence-electron chi connectivity index (χ0n) is 24.1. The van der Waals surface area contributed by atoms with Crippen LogP contribution in [0.4, 0.5) is 23.7 Å². The van der Waals surface area contributed by atoms with Crippen molar-refractivity contribution in [3.05, 3.63) is 83.8 Å². The lowest BCUT2D eigenvalue weighted by Gasteiger charge is -2.26. The number of nitrogens with zero attached hydrogens (tertiary/aromatic N) is 3. The number of likely N-dealkylation sites (tertiary alicyclic amines) is 1. The van der Waals surface area contributed by atoms with Crippen molar-refractivity contribution >= 4 is 28.8 Å². The molecule has 44 heavy (non-hydrogen) atoms. The molecule has 1 aliphatic heterocycles. The monoisotopic (exact) mass is 607 g/mol. The van der Waals surface area contributed by atoms with Gasteiger partial charge in [0.15, 0.2) is 34.7 Å². The first-order valence-corrected chi connectivity index (χ1v) is 14.2. The Balaban J connectivity index is 1.20. The Kier molecular flexibility index (Phi) is 10.1. The summed E-state index contributed by atoms with van der Waals surface area (Å²) in [6.45, 7) is 3.81. The number of anilines is 1. The van der Waals surface area contributed by atoms with Gasteiger partial charge in [-0.1, -0.05) is 12.5 Å². The minimum absolute atomic E-state index is 0.0724. The fraction of sp³-hybridized carbons (Fsp3) is 0.281. The van der Waals surface area contributed by atoms with Gasteiger partial charge in [-0.2, -0.15) is 5.10 Å². The number of carbonyl (C=O) groups is 1. The average molecular weight is 608 g/mol. The number of benzene rings is 3. The number of carbonyl (C=O) groups excluding carboxylic acids is 1. The van der Waals surface area contributed by atoms with Crippen molar-refractivity contribution in [1.29, 1.82) is 0 Å². The number of hydrogen-bond acceptors (Lipinski definition) is 7. The predicted molar refractivity (Wildman–Crippen MR) is 161 cm³/mol. The summed E-state index contributed by atoms with van der Waals surface area (Å²) in [4.78, 5) is 19.0. The largest absolute Gasteiger partial charge is 0.493 e. The summed E-state index contributed by atoms with van der Waals surface area (Å²) < 4.78 is 58.8. The van der Waals surface area contributed by atoms with E-state index in [1.807, 2.05) is 0 Å². The van der Waals surface area contributed by atoms with Crippen molar-refractivity contribution in [3.63, 3.8) is 0 Å². The Bertz CT molecular complexity index is 1650. The number of nitrogens with one attached hydrogen (secondary N) is 2. The number of pyridine rings is 1. The van der Waals surface area contributed by atoms with Gasteiger partial charge in [0, 0.05) is 35.9 Å². The lowest BCUT2D eigenvalue weighted by atomic mass is 10.1. The van der Waals surface area contributed by atoms with E-state index < -0.39 is 23.5 Å². The summed E-state index contributed by atoms with van der Waals surface area (Å²) in [5.41, 5.74) is 3.14. The van der Waals surface area contributed by atoms with Crippen molar-refractivity contribution in [2.45, 2.75) is 25.7 Å². The van der Waals surface area contributed by atoms with E-state index >= 15 is 0 Å². The van der Waals surface area contributed by atoms with Gasteiger partial charge in [0.1, 0.15) is 5.75 Å². The Morgan fingerprint density at radius 1 is 0.932 bits per heavy atom. The maximum atomic E-state index is 15.0. The summed E-state index contributed by atoms with van der Waals surface area (Å²) in [7, 11) is 1.55. The van der Waals surface area contributed by atoms with Crippen molar-refractivity contribution in [2.24, 2.45) is 5.10 Å². The molecule has 12 heteroatoms. The number of halogens is 3. The number of piperidine rings is 1. The zero-order chi connectivity index (χ0) is 30.9. The molecule has 3 aromatic carbocycles. The summed E-state index contributed by atoms with van der Waals surface area (Å²) in [5, 5.41) is 6.71. The van der Waals surface area contributed by atoms with Gasteiger partial charge in [-0.15, -0.1) is 0 Å². The fourth-order valence-corrected chi connectivity index (χ4v) is 4.84. The van der Waals surface area contributed by atoms with Gasteiger partial charge >= 0.3 is 6.03 Å². The van der Waals surface area contributed by atoms with E-state index in [-0.39, 0.29) is 17.0 Å². The van der Waals surface area contributed by atoms with Crippen molar-refractivity contribution < 1.29 is 32.2 Å². The number of fused-ring (bicyclic) bond motifs is 1. The minimum Gasteiger partial charge on any atom is -0.493 e. The molecule has 0 aliphatic carbocycles. The molecule has 4 aromatic rings. The Hall–Kier alpha value is -4.84. The third-order valence-corrected chi connectivity index (χ3v) is 7.04. The number of amides is 2. The van der Waals surface area contributed by atoms with Gasteiger partial charge in [-0.25, -0.2) is 23.4 Å². The van der Waals surface area contributed by atoms with Crippen LogP contribution in [0.2, 0.25) is 0 Å². The van der Waals surface area contributed by atoms with E-state index in [1.54, 1.807) is 31.5 Å². The van der Waals surface area contributed by atoms with Crippen LogP contribution >= 0.6 is 0 Å². The van der Waals surface area contributed by atoms with E-state index in [0.29, 0.717) is 34.8 Å². The second-order valence-electron chi connectivity index (χ2n) is 10.2. The summed E-state index contributed by atoms with van der Waals surface area (Å²) in [6.07, 6.45) is 7.39. The molecule has 9 nitrogen and oxygen atoms in total. The first-order valence-electron chi connectivity index (χ1n) is 14.2. The van der Waals surface area contributed by atoms with Crippen LogP contribution < -0.4 is 25.0 Å². The molecule has 0 radical (unpaired) electrons. The molecular formula is C32H32F3N5O4. The molecule has 0 saturated carbocycles. The third-order valence-electron chi connectivity index (χ3n) is 7.04. The standard InChI is InChI=1S/C32H32F3N5O4/c1-42-30-18-23-27(19-31(30)43-15-5-14-40-12-3-2-4-13-40)36-11-10-28(23)44-29-9-7-22(17-26(29)35)38-32(41)39-37-20-21-6-8-24(33)25(34)16-21/h6-11,16-20H,2-5,12-15H2,1H3,(H2,38,39,41)/b37-20+. The molecule has 230 valence electrons. The lowest BCUT2D eigenvalue weighted by molar-refractivity contribution is 0.203. The van der Waals surface area contributed by atoms with Crippen molar-refractivity contribution in [2.75, 3.05) is 38.7 Å². The molecule has 2 N–H and O–H groups in total. The van der Waals surface area contributed by atoms with Crippen LogP contribution in [0.5, 0.6) is 23.0 Å². The Morgan fingerprint density at radius 3 is 2.55 bits per heavy atom. The molecular weight excluding hydrogens is 575 g/mol. The first kappa shape index (κ1) is 30.6. The number of methoxy groups -OCH3 is 1. The van der Waals surface area contributed by atoms with Crippen molar-refractivity contribution in [1.82, 2.24) is 15.3 Å². The lowest BCUT2D eigenvalue weighted by Crippen LogP contribution is -2.31. The summed E-state index contributed by atoms with van der Waals surface area (Å²) >= 11 is 0. The van der Waals surface area contributed by atoms with Crippen LogP contribution in [0.25, 0.3) is 10.9 Å². The topological polar surface area (TPSA) is 97.3 Å². The second-order valence-corrected chi connectivity index (χ2v) is 10.2. The highest BCUT2D eigenvalue weighted by molar-refractivity contribution is 5.91. The van der Waals surface area contributed by atoms with E-state index in [1.165, 1.54) is 37.5 Å². The van der Waals surface area contributed by atoms with Gasteiger partial charge in [0.2, 0.25) is 0 Å². The third kappa shape index (κ3) is 7.95. The molecule has 0 bridgehead atoms. The smallest absolute Gasteiger partial charge is 0.339 e. The molecule has 1 aromatic heterocycles. The first-order chi connectivity index (χ1) is 21.4. The van der Waals surface area contributed by atoms with Gasteiger partial charge in [-0.3, -0.25) is 4.98 Å². The van der Waals surface area contributed by atoms with Crippen molar-refractivity contribution in [3.8, 4) is 23.0 Å². The SMILES string of the molecule is COc1cc2c(Oc3ccc(NC(=O)N/N=C/c4ccc(F)c(F)c4)cc3F)ccnc2cc1OCCCN1CCCCC1. The summed E-state index contributed by atoms with van der Waals surface area (Å²) in [6, 6.07) is 11.5. The molecule has 1 fully saturated rings. The van der Waals surface area contributed by atoms with E-state index in [2.05, 4.69) is 25.7 Å². The molecule has 0 atom stereocenters. The maximum absolute atomic E-state index is 15.0. The quantitative estimate of drug-likeness (QED) is 0.110. The van der Waals surface area contributed by atoms with Crippen LogP contribution in [-0.2, 0) is 0 Å². The highest BCUT2D eigenvalue weighted by Crippen LogP contribution is 2.38. The molecule has 0 spiro atoms. The molecule has 1 saturated heterocycles. The Morgan fingerprint density at radius 2 is 1.77 bits per heavy atom. The van der Waals surface area contributed by atoms with Crippen LogP contribution in [0.3, 0.4) is 0 Å². The van der Waals surface area contributed by atoms with Crippen LogP contribution in [0.15, 0.2) is 65.9 Å². The van der Waals surface area contributed by atoms with E-state index in [4.69, 9.17) is 14.2 Å². The minimum atomic E-state index is -1.04. The Labute approximate surface area is 252 Å². The van der Waals surface area contributed by atoms with Gasteiger partial charge < -0.3 is 24.4 Å². The molecule has 5 rings (SSSR count). The number of hydrogen-bond donors (Lipinski definition) is 2. The van der Waals surface area contributed by atoms with Crippen LogP contribution in [0, 0.1) is 17.5 Å². The van der Waals surface area contributed by atoms with Crippen LogP contribution in [-0.4, -0.2) is 55.5 Å². The average Bonchev–Trinajstić information content (AvgIpc) is 3.02.